The lowest BCUT2D eigenvalue weighted by atomic mass is 10.1. The molecule has 1 heterocycles. The predicted molar refractivity (Wildman–Crippen MR) is 104 cm³/mol. The van der Waals surface area contributed by atoms with E-state index < -0.39 is 0 Å². The number of likely N-dealkylation sites (N-methyl/N-ethyl adjacent to an activating group) is 1. The average Bonchev–Trinajstić information content (AvgIpc) is 3.14. The molecule has 6 nitrogen and oxygen atoms in total. The third kappa shape index (κ3) is 4.89. The minimum Gasteiger partial charge on any atom is -0.493 e. The largest absolute Gasteiger partial charge is 0.493 e. The lowest BCUT2D eigenvalue weighted by Crippen LogP contribution is -2.34. The first-order valence-electron chi connectivity index (χ1n) is 8.25. The van der Waals surface area contributed by atoms with Crippen LogP contribution in [0, 0.1) is 0 Å². The van der Waals surface area contributed by atoms with Crippen LogP contribution in [-0.4, -0.2) is 52.8 Å². The Hall–Kier alpha value is -2.25. The third-order valence-electron chi connectivity index (χ3n) is 4.08. The molecule has 0 aliphatic heterocycles. The summed E-state index contributed by atoms with van der Waals surface area (Å²) < 4.78 is 16.0. The molecule has 142 valence electrons. The normalized spacial score (nSPS) is 11.9. The second-order valence-corrected chi connectivity index (χ2v) is 6.99. The summed E-state index contributed by atoms with van der Waals surface area (Å²) in [5.41, 5.74) is 0.800. The number of carbonyl (C=O) groups excluding carboxylic acids is 1. The first kappa shape index (κ1) is 20.1. The first-order chi connectivity index (χ1) is 12.5. The van der Waals surface area contributed by atoms with Gasteiger partial charge in [-0.3, -0.25) is 4.79 Å². The molecule has 0 saturated carbocycles. The van der Waals surface area contributed by atoms with E-state index in [1.165, 1.54) is 4.88 Å². The molecule has 1 atom stereocenters. The molecule has 1 aromatic heterocycles. The molecule has 0 aliphatic rings. The summed E-state index contributed by atoms with van der Waals surface area (Å²) in [6.45, 7) is 0.552. The van der Waals surface area contributed by atoms with Crippen molar-refractivity contribution in [3.63, 3.8) is 0 Å². The maximum absolute atomic E-state index is 12.4. The van der Waals surface area contributed by atoms with Gasteiger partial charge in [-0.25, -0.2) is 0 Å². The van der Waals surface area contributed by atoms with Crippen LogP contribution in [0.15, 0.2) is 29.6 Å². The van der Waals surface area contributed by atoms with Gasteiger partial charge in [0.05, 0.1) is 33.8 Å². The number of rotatable bonds is 9. The number of benzene rings is 1. The highest BCUT2D eigenvalue weighted by Crippen LogP contribution is 2.38. The monoisotopic (exact) mass is 378 g/mol. The number of nitrogens with zero attached hydrogens (tertiary/aromatic N) is 1. The molecular weight excluding hydrogens is 352 g/mol. The van der Waals surface area contributed by atoms with Gasteiger partial charge in [-0.15, -0.1) is 11.3 Å². The molecule has 2 rings (SSSR count). The standard InChI is InChI=1S/C19H26N2O4S/c1-21(2)14(17-7-6-8-26-17)12-20-18(22)11-13-9-15(23-3)19(25-5)16(10-13)24-4/h6-10,14H,11-12H2,1-5H3,(H,20,22). The van der Waals surface area contributed by atoms with Crippen molar-refractivity contribution in [1.29, 1.82) is 0 Å². The Balaban J connectivity index is 2.05. The molecule has 0 spiro atoms. The number of amides is 1. The summed E-state index contributed by atoms with van der Waals surface area (Å²) in [6, 6.07) is 7.85. The highest BCUT2D eigenvalue weighted by molar-refractivity contribution is 7.10. The lowest BCUT2D eigenvalue weighted by molar-refractivity contribution is -0.120. The Morgan fingerprint density at radius 1 is 1.15 bits per heavy atom. The topological polar surface area (TPSA) is 60.0 Å². The van der Waals surface area contributed by atoms with Crippen molar-refractivity contribution in [2.45, 2.75) is 12.5 Å². The van der Waals surface area contributed by atoms with Crippen LogP contribution in [0.4, 0.5) is 0 Å². The number of nitrogens with one attached hydrogen (secondary N) is 1. The fourth-order valence-electron chi connectivity index (χ4n) is 2.71. The van der Waals surface area contributed by atoms with E-state index in [1.54, 1.807) is 44.8 Å². The van der Waals surface area contributed by atoms with E-state index in [0.717, 1.165) is 5.56 Å². The van der Waals surface area contributed by atoms with Gasteiger partial charge >= 0.3 is 0 Å². The van der Waals surface area contributed by atoms with Crippen molar-refractivity contribution in [1.82, 2.24) is 10.2 Å². The van der Waals surface area contributed by atoms with Crippen LogP contribution in [0.5, 0.6) is 17.2 Å². The highest BCUT2D eigenvalue weighted by Gasteiger charge is 2.18. The van der Waals surface area contributed by atoms with Crippen molar-refractivity contribution < 1.29 is 19.0 Å². The lowest BCUT2D eigenvalue weighted by Gasteiger charge is -2.23. The summed E-state index contributed by atoms with van der Waals surface area (Å²) >= 11 is 1.69. The van der Waals surface area contributed by atoms with E-state index in [1.807, 2.05) is 25.5 Å². The highest BCUT2D eigenvalue weighted by atomic mass is 32.1. The van der Waals surface area contributed by atoms with E-state index in [-0.39, 0.29) is 18.4 Å². The molecule has 26 heavy (non-hydrogen) atoms. The molecule has 1 amide bonds. The number of methoxy groups -OCH3 is 3. The summed E-state index contributed by atoms with van der Waals surface area (Å²) in [4.78, 5) is 15.8. The SMILES string of the molecule is COc1cc(CC(=O)NCC(c2cccs2)N(C)C)cc(OC)c1OC. The quantitative estimate of drug-likeness (QED) is 0.727. The summed E-state index contributed by atoms with van der Waals surface area (Å²) in [5, 5.41) is 5.06. The van der Waals surface area contributed by atoms with E-state index in [2.05, 4.69) is 16.3 Å². The van der Waals surface area contributed by atoms with Crippen LogP contribution >= 0.6 is 11.3 Å². The molecule has 1 aromatic carbocycles. The van der Waals surface area contributed by atoms with Crippen molar-refractivity contribution in [3.05, 3.63) is 40.1 Å². The van der Waals surface area contributed by atoms with Crippen LogP contribution < -0.4 is 19.5 Å². The van der Waals surface area contributed by atoms with Gasteiger partial charge in [-0.1, -0.05) is 6.07 Å². The van der Waals surface area contributed by atoms with Gasteiger partial charge < -0.3 is 24.4 Å². The maximum Gasteiger partial charge on any atom is 0.224 e. The number of carbonyl (C=O) groups is 1. The predicted octanol–water partition coefficient (Wildman–Crippen LogP) is 2.74. The Morgan fingerprint density at radius 2 is 1.81 bits per heavy atom. The van der Waals surface area contributed by atoms with Gasteiger partial charge in [0, 0.05) is 11.4 Å². The van der Waals surface area contributed by atoms with Crippen molar-refractivity contribution in [3.8, 4) is 17.2 Å². The zero-order valence-electron chi connectivity index (χ0n) is 15.9. The molecule has 1 unspecified atom stereocenters. The van der Waals surface area contributed by atoms with E-state index in [4.69, 9.17) is 14.2 Å². The minimum atomic E-state index is -0.0531. The summed E-state index contributed by atoms with van der Waals surface area (Å²) in [7, 11) is 8.69. The van der Waals surface area contributed by atoms with E-state index in [0.29, 0.717) is 23.8 Å². The fraction of sp³-hybridized carbons (Fsp3) is 0.421. The van der Waals surface area contributed by atoms with E-state index in [9.17, 15) is 4.79 Å². The smallest absolute Gasteiger partial charge is 0.224 e. The summed E-state index contributed by atoms with van der Waals surface area (Å²) in [6.07, 6.45) is 0.237. The van der Waals surface area contributed by atoms with Crippen molar-refractivity contribution in [2.24, 2.45) is 0 Å². The zero-order valence-corrected chi connectivity index (χ0v) is 16.7. The number of ether oxygens (including phenoxy) is 3. The van der Waals surface area contributed by atoms with Crippen LogP contribution in [0.1, 0.15) is 16.5 Å². The molecule has 0 bridgehead atoms. The number of thiophene rings is 1. The molecule has 2 aromatic rings. The van der Waals surface area contributed by atoms with Crippen molar-refractivity contribution in [2.75, 3.05) is 42.0 Å². The van der Waals surface area contributed by atoms with Crippen LogP contribution in [-0.2, 0) is 11.2 Å². The van der Waals surface area contributed by atoms with Crippen LogP contribution in [0.2, 0.25) is 0 Å². The van der Waals surface area contributed by atoms with Gasteiger partial charge in [0.15, 0.2) is 11.5 Å². The number of hydrogen-bond acceptors (Lipinski definition) is 6. The Labute approximate surface area is 158 Å². The van der Waals surface area contributed by atoms with Crippen LogP contribution in [0.3, 0.4) is 0 Å². The third-order valence-corrected chi connectivity index (χ3v) is 5.05. The Morgan fingerprint density at radius 3 is 2.27 bits per heavy atom. The van der Waals surface area contributed by atoms with Gasteiger partial charge in [-0.2, -0.15) is 0 Å². The first-order valence-corrected chi connectivity index (χ1v) is 9.13. The van der Waals surface area contributed by atoms with Gasteiger partial charge in [0.1, 0.15) is 0 Å². The van der Waals surface area contributed by atoms with Crippen LogP contribution in [0.25, 0.3) is 0 Å². The van der Waals surface area contributed by atoms with E-state index >= 15 is 0 Å². The maximum atomic E-state index is 12.4. The molecule has 0 saturated heterocycles. The Kier molecular flexibility index (Phi) is 7.29. The Bertz CT molecular complexity index is 691. The second kappa shape index (κ2) is 9.45. The van der Waals surface area contributed by atoms with Crippen molar-refractivity contribution >= 4 is 17.2 Å². The zero-order chi connectivity index (χ0) is 19.1. The number of hydrogen-bond donors (Lipinski definition) is 1. The fourth-order valence-corrected chi connectivity index (χ4v) is 3.64. The molecule has 0 radical (unpaired) electrons. The molecule has 0 aliphatic carbocycles. The van der Waals surface area contributed by atoms with Gasteiger partial charge in [0.2, 0.25) is 11.7 Å². The summed E-state index contributed by atoms with van der Waals surface area (Å²) in [5.74, 6) is 1.55. The molecular formula is C19H26N2O4S. The van der Waals surface area contributed by atoms with Gasteiger partial charge in [-0.05, 0) is 43.2 Å². The molecule has 7 heteroatoms. The molecule has 0 fully saturated rings. The molecule has 1 N–H and O–H groups in total. The van der Waals surface area contributed by atoms with Gasteiger partial charge in [0.25, 0.3) is 0 Å². The minimum absolute atomic E-state index is 0.0531. The second-order valence-electron chi connectivity index (χ2n) is 6.01. The average molecular weight is 378 g/mol.